The van der Waals surface area contributed by atoms with E-state index in [1.165, 1.54) is 0 Å². The number of pyridine rings is 1. The van der Waals surface area contributed by atoms with Crippen molar-refractivity contribution in [3.63, 3.8) is 0 Å². The van der Waals surface area contributed by atoms with Crippen LogP contribution >= 0.6 is 0 Å². The highest BCUT2D eigenvalue weighted by atomic mass is 16.1. The van der Waals surface area contributed by atoms with Gasteiger partial charge >= 0.3 is 0 Å². The monoisotopic (exact) mass is 452 g/mol. The minimum atomic E-state index is -0.0934. The van der Waals surface area contributed by atoms with Crippen LogP contribution in [0.3, 0.4) is 0 Å². The summed E-state index contributed by atoms with van der Waals surface area (Å²) in [6, 6.07) is 23.1. The van der Waals surface area contributed by atoms with E-state index in [0.717, 1.165) is 16.8 Å². The molecule has 2 aromatic carbocycles. The molecule has 0 unspecified atom stereocenters. The molecule has 0 aliphatic rings. The molecule has 8 nitrogen and oxygen atoms in total. The molecule has 0 saturated carbocycles. The number of aromatic nitrogens is 5. The summed E-state index contributed by atoms with van der Waals surface area (Å²) in [6.07, 6.45) is 3.06. The number of amides is 1. The Hall–Kier alpha value is -4.33. The topological polar surface area (TPSA) is 94.2 Å². The molecule has 3 aromatic heterocycles. The van der Waals surface area contributed by atoms with E-state index >= 15 is 0 Å². The van der Waals surface area contributed by atoms with Gasteiger partial charge in [0.1, 0.15) is 5.82 Å². The second-order valence-electron chi connectivity index (χ2n) is 8.06. The maximum absolute atomic E-state index is 13.3. The van der Waals surface area contributed by atoms with Crippen LogP contribution in [0.4, 0.5) is 0 Å². The number of hydrogen-bond donors (Lipinski definition) is 1. The molecule has 0 fully saturated rings. The molecule has 3 heterocycles. The summed E-state index contributed by atoms with van der Waals surface area (Å²) in [5.74, 6) is 1.04. The molecule has 8 heteroatoms. The SMILES string of the molecule is O=C(CCc1nnc2n(CCc3ccccc3)c(=O)c3ccccc3n12)NCc1ccccn1. The van der Waals surface area contributed by atoms with Crippen molar-refractivity contribution in [1.82, 2.24) is 29.5 Å². The number of aryl methyl sites for hydroxylation is 3. The molecule has 0 spiro atoms. The molecule has 0 aliphatic heterocycles. The maximum Gasteiger partial charge on any atom is 0.262 e. The highest BCUT2D eigenvalue weighted by Crippen LogP contribution is 2.16. The van der Waals surface area contributed by atoms with Crippen LogP contribution in [-0.4, -0.2) is 30.1 Å². The van der Waals surface area contributed by atoms with Crippen molar-refractivity contribution in [2.75, 3.05) is 0 Å². The summed E-state index contributed by atoms with van der Waals surface area (Å²) >= 11 is 0. The van der Waals surface area contributed by atoms with Gasteiger partial charge in [0, 0.05) is 25.6 Å². The van der Waals surface area contributed by atoms with Gasteiger partial charge in [-0.15, -0.1) is 10.2 Å². The zero-order valence-electron chi connectivity index (χ0n) is 18.6. The Bertz CT molecular complexity index is 1490. The second-order valence-corrected chi connectivity index (χ2v) is 8.06. The van der Waals surface area contributed by atoms with E-state index in [2.05, 4.69) is 20.5 Å². The molecule has 0 aliphatic carbocycles. The number of fused-ring (bicyclic) bond motifs is 3. The second kappa shape index (κ2) is 9.66. The third-order valence-electron chi connectivity index (χ3n) is 5.81. The van der Waals surface area contributed by atoms with Crippen molar-refractivity contribution in [3.05, 3.63) is 106 Å². The average Bonchev–Trinajstić information content (AvgIpc) is 3.31. The van der Waals surface area contributed by atoms with Gasteiger partial charge in [-0.25, -0.2) is 0 Å². The van der Waals surface area contributed by atoms with Gasteiger partial charge in [-0.2, -0.15) is 0 Å². The summed E-state index contributed by atoms with van der Waals surface area (Å²) in [4.78, 5) is 29.9. The molecule has 170 valence electrons. The van der Waals surface area contributed by atoms with Crippen LogP contribution < -0.4 is 10.9 Å². The Morgan fingerprint density at radius 1 is 0.882 bits per heavy atom. The van der Waals surface area contributed by atoms with Gasteiger partial charge in [0.15, 0.2) is 0 Å². The third-order valence-corrected chi connectivity index (χ3v) is 5.81. The molecule has 0 saturated heterocycles. The molecule has 1 N–H and O–H groups in total. The first kappa shape index (κ1) is 21.5. The Labute approximate surface area is 195 Å². The lowest BCUT2D eigenvalue weighted by Gasteiger charge is -2.11. The van der Waals surface area contributed by atoms with E-state index in [4.69, 9.17) is 0 Å². The molecule has 1 amide bonds. The maximum atomic E-state index is 13.3. The van der Waals surface area contributed by atoms with Gasteiger partial charge in [0.05, 0.1) is 23.1 Å². The molecule has 34 heavy (non-hydrogen) atoms. The van der Waals surface area contributed by atoms with Crippen LogP contribution in [0.25, 0.3) is 16.7 Å². The van der Waals surface area contributed by atoms with Gasteiger partial charge in [0.2, 0.25) is 11.7 Å². The zero-order chi connectivity index (χ0) is 23.3. The van der Waals surface area contributed by atoms with Crippen LogP contribution in [0.5, 0.6) is 0 Å². The number of carbonyl (C=O) groups is 1. The van der Waals surface area contributed by atoms with Gasteiger partial charge in [-0.3, -0.25) is 23.5 Å². The summed E-state index contributed by atoms with van der Waals surface area (Å²) in [6.45, 7) is 0.863. The van der Waals surface area contributed by atoms with E-state index in [1.54, 1.807) is 10.8 Å². The normalized spacial score (nSPS) is 11.2. The lowest BCUT2D eigenvalue weighted by atomic mass is 10.1. The Kier molecular flexibility index (Phi) is 6.11. The number of hydrogen-bond acceptors (Lipinski definition) is 5. The fourth-order valence-corrected chi connectivity index (χ4v) is 4.07. The molecular weight excluding hydrogens is 428 g/mol. The van der Waals surface area contributed by atoms with E-state index in [0.29, 0.717) is 42.9 Å². The summed E-state index contributed by atoms with van der Waals surface area (Å²) < 4.78 is 3.57. The molecule has 5 rings (SSSR count). The van der Waals surface area contributed by atoms with Crippen LogP contribution in [0.1, 0.15) is 23.5 Å². The number of nitrogens with one attached hydrogen (secondary N) is 1. The van der Waals surface area contributed by atoms with Crippen molar-refractivity contribution in [2.24, 2.45) is 0 Å². The number of rotatable bonds is 8. The minimum absolute atomic E-state index is 0.0916. The smallest absolute Gasteiger partial charge is 0.262 e. The van der Waals surface area contributed by atoms with Crippen LogP contribution in [-0.2, 0) is 30.7 Å². The largest absolute Gasteiger partial charge is 0.350 e. The van der Waals surface area contributed by atoms with E-state index in [9.17, 15) is 9.59 Å². The van der Waals surface area contributed by atoms with Crippen LogP contribution in [0.2, 0.25) is 0 Å². The molecular formula is C26H24N6O2. The zero-order valence-corrected chi connectivity index (χ0v) is 18.6. The summed E-state index contributed by atoms with van der Waals surface area (Å²) in [5, 5.41) is 12.2. The van der Waals surface area contributed by atoms with E-state index < -0.39 is 0 Å². The van der Waals surface area contributed by atoms with Crippen molar-refractivity contribution in [2.45, 2.75) is 32.4 Å². The number of carbonyl (C=O) groups excluding carboxylic acids is 1. The Balaban J connectivity index is 1.41. The first-order valence-electron chi connectivity index (χ1n) is 11.3. The first-order chi connectivity index (χ1) is 16.7. The Morgan fingerprint density at radius 2 is 1.68 bits per heavy atom. The predicted molar refractivity (Wildman–Crippen MR) is 129 cm³/mol. The quantitative estimate of drug-likeness (QED) is 0.391. The molecule has 0 bridgehead atoms. The highest BCUT2D eigenvalue weighted by molar-refractivity contribution is 5.80. The van der Waals surface area contributed by atoms with Gasteiger partial charge in [0.25, 0.3) is 5.56 Å². The highest BCUT2D eigenvalue weighted by Gasteiger charge is 2.17. The van der Waals surface area contributed by atoms with Crippen molar-refractivity contribution < 1.29 is 4.79 Å². The lowest BCUT2D eigenvalue weighted by Crippen LogP contribution is -2.25. The fourth-order valence-electron chi connectivity index (χ4n) is 4.07. The number of para-hydroxylation sites is 1. The first-order valence-corrected chi connectivity index (χ1v) is 11.3. The van der Waals surface area contributed by atoms with E-state index in [-0.39, 0.29) is 17.9 Å². The number of benzene rings is 2. The minimum Gasteiger partial charge on any atom is -0.350 e. The van der Waals surface area contributed by atoms with Gasteiger partial charge < -0.3 is 5.32 Å². The lowest BCUT2D eigenvalue weighted by molar-refractivity contribution is -0.121. The van der Waals surface area contributed by atoms with E-state index in [1.807, 2.05) is 77.2 Å². The van der Waals surface area contributed by atoms with Crippen LogP contribution in [0.15, 0.2) is 83.8 Å². The van der Waals surface area contributed by atoms with Crippen LogP contribution in [0, 0.1) is 0 Å². The molecule has 0 atom stereocenters. The third kappa shape index (κ3) is 4.43. The molecule has 5 aromatic rings. The Morgan fingerprint density at radius 3 is 2.50 bits per heavy atom. The predicted octanol–water partition coefficient (Wildman–Crippen LogP) is 2.93. The summed E-state index contributed by atoms with van der Waals surface area (Å²) in [7, 11) is 0. The average molecular weight is 453 g/mol. The summed E-state index contributed by atoms with van der Waals surface area (Å²) in [5.41, 5.74) is 2.60. The van der Waals surface area contributed by atoms with Gasteiger partial charge in [-0.1, -0.05) is 48.5 Å². The standard InChI is InChI=1S/C26H24N6O2/c33-24(28-18-20-10-6-7-16-27-20)14-13-23-29-30-26-31(17-15-19-8-2-1-3-9-19)25(34)21-11-4-5-12-22(21)32(23)26/h1-12,16H,13-15,17-18H2,(H,28,33). The number of nitrogens with zero attached hydrogens (tertiary/aromatic N) is 5. The molecule has 0 radical (unpaired) electrons. The van der Waals surface area contributed by atoms with Crippen molar-refractivity contribution in [1.29, 1.82) is 0 Å². The van der Waals surface area contributed by atoms with Gasteiger partial charge in [-0.05, 0) is 36.2 Å². The van der Waals surface area contributed by atoms with Crippen molar-refractivity contribution >= 4 is 22.6 Å². The fraction of sp³-hybridized carbons (Fsp3) is 0.192. The van der Waals surface area contributed by atoms with Crippen molar-refractivity contribution in [3.8, 4) is 0 Å².